The Hall–Kier alpha value is -3.52. The number of rotatable bonds is 19. The Labute approximate surface area is 253 Å². The molecule has 2 aromatic carbocycles. The van der Waals surface area contributed by atoms with Crippen LogP contribution in [-0.2, 0) is 18.9 Å². The molecule has 4 aromatic rings. The van der Waals surface area contributed by atoms with Crippen LogP contribution in [0.1, 0.15) is 0 Å². The summed E-state index contributed by atoms with van der Waals surface area (Å²) in [7, 11) is 0. The van der Waals surface area contributed by atoms with Crippen LogP contribution in [0.15, 0.2) is 60.7 Å². The number of benzene rings is 2. The molecule has 12 nitrogen and oxygen atoms in total. The summed E-state index contributed by atoms with van der Waals surface area (Å²) in [5.74, 6) is 0.893. The van der Waals surface area contributed by atoms with Crippen LogP contribution < -0.4 is 9.47 Å². The average molecular weight is 617 g/mol. The highest BCUT2D eigenvalue weighted by Crippen LogP contribution is 2.19. The summed E-state index contributed by atoms with van der Waals surface area (Å²) in [5, 5.41) is 0.131. The minimum Gasteiger partial charge on any atom is -0.461 e. The van der Waals surface area contributed by atoms with Crippen molar-refractivity contribution in [2.45, 2.75) is 0 Å². The van der Waals surface area contributed by atoms with Gasteiger partial charge in [0.2, 0.25) is 10.6 Å². The molecule has 0 amide bonds. The van der Waals surface area contributed by atoms with E-state index in [1.54, 1.807) is 0 Å². The summed E-state index contributed by atoms with van der Waals surface area (Å²) in [6.07, 6.45) is 0. The Bertz CT molecular complexity index is 1240. The van der Waals surface area contributed by atoms with E-state index in [0.29, 0.717) is 64.5 Å². The SMILES string of the molecule is Clc1nc(OCCOCCOCCOCCOCCOc2nc(Cl)nc(-c3ccccc3)n2)nc(-c2ccccc2)n1. The van der Waals surface area contributed by atoms with Crippen molar-refractivity contribution in [3.05, 3.63) is 71.2 Å². The summed E-state index contributed by atoms with van der Waals surface area (Å²) in [5.41, 5.74) is 1.64. The first-order valence-corrected chi connectivity index (χ1v) is 13.9. The fraction of sp³-hybridized carbons (Fsp3) is 0.357. The highest BCUT2D eigenvalue weighted by molar-refractivity contribution is 6.28. The van der Waals surface area contributed by atoms with E-state index in [1.807, 2.05) is 60.7 Å². The van der Waals surface area contributed by atoms with Gasteiger partial charge >= 0.3 is 12.0 Å². The van der Waals surface area contributed by atoms with Gasteiger partial charge in [-0.3, -0.25) is 0 Å². The van der Waals surface area contributed by atoms with Crippen molar-refractivity contribution in [1.29, 1.82) is 0 Å². The topological polar surface area (TPSA) is 133 Å². The number of hydrogen-bond acceptors (Lipinski definition) is 12. The molecule has 42 heavy (non-hydrogen) atoms. The molecule has 2 aromatic heterocycles. The Morgan fingerprint density at radius 1 is 0.405 bits per heavy atom. The minimum absolute atomic E-state index is 0.0654. The summed E-state index contributed by atoms with van der Waals surface area (Å²) in [4.78, 5) is 24.8. The van der Waals surface area contributed by atoms with Crippen LogP contribution in [0.4, 0.5) is 0 Å². The lowest BCUT2D eigenvalue weighted by Crippen LogP contribution is -2.15. The predicted molar refractivity (Wildman–Crippen MR) is 155 cm³/mol. The largest absolute Gasteiger partial charge is 0.461 e. The van der Waals surface area contributed by atoms with Crippen LogP contribution >= 0.6 is 23.2 Å². The molecule has 0 bridgehead atoms. The molecule has 4 rings (SSSR count). The number of hydrogen-bond donors (Lipinski definition) is 0. The van der Waals surface area contributed by atoms with Crippen molar-refractivity contribution >= 4 is 23.2 Å². The second-order valence-corrected chi connectivity index (χ2v) is 8.98. The number of halogens is 2. The maximum absolute atomic E-state index is 6.00. The van der Waals surface area contributed by atoms with Crippen LogP contribution in [0.3, 0.4) is 0 Å². The van der Waals surface area contributed by atoms with Crippen molar-refractivity contribution in [2.75, 3.05) is 66.1 Å². The molecular weight excluding hydrogens is 587 g/mol. The quantitative estimate of drug-likeness (QED) is 0.140. The van der Waals surface area contributed by atoms with Gasteiger partial charge in [0.1, 0.15) is 13.2 Å². The van der Waals surface area contributed by atoms with E-state index in [9.17, 15) is 0 Å². The minimum atomic E-state index is 0.0654. The number of aromatic nitrogens is 6. The van der Waals surface area contributed by atoms with Crippen molar-refractivity contribution < 1.29 is 28.4 Å². The van der Waals surface area contributed by atoms with Crippen LogP contribution in [0, 0.1) is 0 Å². The molecule has 2 heterocycles. The first-order valence-electron chi connectivity index (χ1n) is 13.2. The maximum atomic E-state index is 6.00. The van der Waals surface area contributed by atoms with Crippen molar-refractivity contribution in [3.63, 3.8) is 0 Å². The van der Waals surface area contributed by atoms with E-state index >= 15 is 0 Å². The van der Waals surface area contributed by atoms with Gasteiger partial charge in [-0.2, -0.15) is 29.9 Å². The molecule has 14 heteroatoms. The van der Waals surface area contributed by atoms with Gasteiger partial charge in [0, 0.05) is 11.1 Å². The van der Waals surface area contributed by atoms with Gasteiger partial charge in [-0.25, -0.2) is 0 Å². The van der Waals surface area contributed by atoms with E-state index in [1.165, 1.54) is 0 Å². The van der Waals surface area contributed by atoms with E-state index in [-0.39, 0.29) is 35.8 Å². The number of nitrogens with zero attached hydrogens (tertiary/aromatic N) is 6. The molecule has 0 N–H and O–H groups in total. The molecule has 0 aliphatic rings. The normalized spacial score (nSPS) is 11.0. The zero-order valence-corrected chi connectivity index (χ0v) is 24.2. The third-order valence-corrected chi connectivity index (χ3v) is 5.61. The molecule has 0 fully saturated rings. The Kier molecular flexibility index (Phi) is 13.5. The Morgan fingerprint density at radius 3 is 1.10 bits per heavy atom. The van der Waals surface area contributed by atoms with Crippen LogP contribution in [0.25, 0.3) is 22.8 Å². The zero-order valence-electron chi connectivity index (χ0n) is 22.7. The summed E-state index contributed by atoms with van der Waals surface area (Å²) in [6, 6.07) is 19.2. The van der Waals surface area contributed by atoms with Gasteiger partial charge in [0.25, 0.3) is 0 Å². The second kappa shape index (κ2) is 18.1. The molecule has 0 radical (unpaired) electrons. The fourth-order valence-corrected chi connectivity index (χ4v) is 3.68. The summed E-state index contributed by atoms with van der Waals surface area (Å²) < 4.78 is 33.1. The lowest BCUT2D eigenvalue weighted by atomic mass is 10.2. The fourth-order valence-electron chi connectivity index (χ4n) is 3.37. The Balaban J connectivity index is 0.955. The monoisotopic (exact) mass is 616 g/mol. The van der Waals surface area contributed by atoms with Gasteiger partial charge in [-0.1, -0.05) is 60.7 Å². The molecule has 0 saturated heterocycles. The molecule has 222 valence electrons. The van der Waals surface area contributed by atoms with Gasteiger partial charge in [-0.05, 0) is 23.2 Å². The third kappa shape index (κ3) is 11.4. The zero-order chi connectivity index (χ0) is 29.2. The highest BCUT2D eigenvalue weighted by atomic mass is 35.5. The first kappa shape index (κ1) is 31.4. The molecule has 0 aliphatic heterocycles. The van der Waals surface area contributed by atoms with Crippen molar-refractivity contribution in [2.24, 2.45) is 0 Å². The lowest BCUT2D eigenvalue weighted by molar-refractivity contribution is -0.00746. The van der Waals surface area contributed by atoms with Gasteiger partial charge in [0.15, 0.2) is 11.6 Å². The average Bonchev–Trinajstić information content (AvgIpc) is 3.01. The second-order valence-electron chi connectivity index (χ2n) is 8.30. The molecule has 0 spiro atoms. The van der Waals surface area contributed by atoms with Crippen molar-refractivity contribution in [1.82, 2.24) is 29.9 Å². The van der Waals surface area contributed by atoms with E-state index < -0.39 is 0 Å². The van der Waals surface area contributed by atoms with Crippen LogP contribution in [0.2, 0.25) is 10.6 Å². The first-order chi connectivity index (χ1) is 20.7. The van der Waals surface area contributed by atoms with Gasteiger partial charge < -0.3 is 28.4 Å². The predicted octanol–water partition coefficient (Wildman–Crippen LogP) is 4.22. The standard InChI is InChI=1S/C28H30Cl2N6O6/c29-25-31-23(21-7-3-1-4-8-21)33-27(35-25)41-19-17-39-15-13-37-11-12-38-14-16-40-18-20-42-28-34-24(32-26(30)36-28)22-9-5-2-6-10-22/h1-10H,11-20H2. The van der Waals surface area contributed by atoms with Crippen molar-refractivity contribution in [3.8, 4) is 34.8 Å². The van der Waals surface area contributed by atoms with E-state index in [4.69, 9.17) is 51.6 Å². The van der Waals surface area contributed by atoms with E-state index in [0.717, 1.165) is 11.1 Å². The summed E-state index contributed by atoms with van der Waals surface area (Å²) >= 11 is 12.0. The molecule has 0 unspecified atom stereocenters. The third-order valence-electron chi connectivity index (χ3n) is 5.27. The number of ether oxygens (including phenoxy) is 6. The van der Waals surface area contributed by atoms with Crippen LogP contribution in [-0.4, -0.2) is 96.0 Å². The molecule has 0 atom stereocenters. The maximum Gasteiger partial charge on any atom is 0.321 e. The van der Waals surface area contributed by atoms with Crippen LogP contribution in [0.5, 0.6) is 12.0 Å². The van der Waals surface area contributed by atoms with E-state index in [2.05, 4.69) is 29.9 Å². The van der Waals surface area contributed by atoms with Gasteiger partial charge in [0.05, 0.1) is 52.9 Å². The smallest absolute Gasteiger partial charge is 0.321 e. The lowest BCUT2D eigenvalue weighted by Gasteiger charge is -2.09. The highest BCUT2D eigenvalue weighted by Gasteiger charge is 2.09. The van der Waals surface area contributed by atoms with Gasteiger partial charge in [-0.15, -0.1) is 0 Å². The molecule has 0 saturated carbocycles. The Morgan fingerprint density at radius 2 is 0.738 bits per heavy atom. The molecular formula is C28H30Cl2N6O6. The molecule has 0 aliphatic carbocycles. The summed E-state index contributed by atoms with van der Waals surface area (Å²) in [6.45, 7) is 3.80.